The van der Waals surface area contributed by atoms with E-state index in [0.717, 1.165) is 28.2 Å². The van der Waals surface area contributed by atoms with Crippen LogP contribution in [-0.2, 0) is 4.79 Å². The molecule has 4 aromatic rings. The lowest BCUT2D eigenvalue weighted by atomic mass is 10.1. The van der Waals surface area contributed by atoms with Crippen LogP contribution in [0.3, 0.4) is 0 Å². The van der Waals surface area contributed by atoms with Gasteiger partial charge in [-0.05, 0) is 36.0 Å². The number of carboxylic acid groups (broad SMARTS) is 1. The Morgan fingerprint density at radius 3 is 2.57 bits per heavy atom. The van der Waals surface area contributed by atoms with Gasteiger partial charge in [0, 0.05) is 34.3 Å². The molecule has 0 aliphatic rings. The zero-order valence-corrected chi connectivity index (χ0v) is 17.0. The lowest BCUT2D eigenvalue weighted by Crippen LogP contribution is -1.97. The van der Waals surface area contributed by atoms with Gasteiger partial charge in [0.25, 0.3) is 0 Å². The molecule has 0 unspecified atom stereocenters. The van der Waals surface area contributed by atoms with Gasteiger partial charge in [-0.3, -0.25) is 5.10 Å². The molecule has 2 heterocycles. The minimum Gasteiger partial charge on any atom is -0.497 e. The number of aromatic amines is 2. The van der Waals surface area contributed by atoms with Crippen LogP contribution >= 0.6 is 11.8 Å². The van der Waals surface area contributed by atoms with E-state index >= 15 is 0 Å². The summed E-state index contributed by atoms with van der Waals surface area (Å²) in [5.41, 5.74) is 2.43. The number of carboxylic acids is 1. The number of ether oxygens (including phenoxy) is 2. The molecule has 152 valence electrons. The minimum atomic E-state index is -1.06. The monoisotopic (exact) mass is 422 g/mol. The van der Waals surface area contributed by atoms with Crippen LogP contribution in [0, 0.1) is 0 Å². The summed E-state index contributed by atoms with van der Waals surface area (Å²) in [7, 11) is 3.13. The molecule has 0 spiro atoms. The zero-order valence-electron chi connectivity index (χ0n) is 16.2. The molecule has 9 heteroatoms. The number of carbonyl (C=O) groups is 1. The number of rotatable bonds is 7. The van der Waals surface area contributed by atoms with Crippen molar-refractivity contribution in [2.75, 3.05) is 14.2 Å². The molecule has 4 rings (SSSR count). The molecule has 8 nitrogen and oxygen atoms in total. The summed E-state index contributed by atoms with van der Waals surface area (Å²) in [6, 6.07) is 13.0. The van der Waals surface area contributed by atoms with Gasteiger partial charge in [0.05, 0.1) is 14.2 Å². The van der Waals surface area contributed by atoms with E-state index in [1.807, 2.05) is 24.3 Å². The summed E-state index contributed by atoms with van der Waals surface area (Å²) in [5, 5.41) is 17.9. The Morgan fingerprint density at radius 1 is 1.13 bits per heavy atom. The number of thioether (sulfide) groups is 1. The van der Waals surface area contributed by atoms with E-state index in [-0.39, 0.29) is 4.91 Å². The standard InChI is InChI=1S/C21H18N4O4S/c1-28-14-7-12(8-15(10-14)29-2)19-23-21(25-24-19)30-18(20(26)27)9-13-11-22-17-6-4-3-5-16(13)17/h3-11,22H,1-2H3,(H,26,27)(H,23,24,25)/b18-9-. The van der Waals surface area contributed by atoms with E-state index in [1.54, 1.807) is 44.7 Å². The molecule has 0 amide bonds. The first-order valence-corrected chi connectivity index (χ1v) is 9.74. The summed E-state index contributed by atoms with van der Waals surface area (Å²) in [5.74, 6) is 0.645. The fourth-order valence-corrected chi connectivity index (χ4v) is 3.65. The highest BCUT2D eigenvalue weighted by molar-refractivity contribution is 8.04. The first-order chi connectivity index (χ1) is 14.6. The molecule has 0 saturated heterocycles. The van der Waals surface area contributed by atoms with Crippen molar-refractivity contribution in [2.45, 2.75) is 5.16 Å². The number of benzene rings is 2. The van der Waals surface area contributed by atoms with E-state index in [2.05, 4.69) is 20.2 Å². The highest BCUT2D eigenvalue weighted by Gasteiger charge is 2.16. The van der Waals surface area contributed by atoms with Crippen LogP contribution in [-0.4, -0.2) is 45.5 Å². The van der Waals surface area contributed by atoms with Crippen molar-refractivity contribution in [3.05, 3.63) is 59.1 Å². The van der Waals surface area contributed by atoms with Crippen LogP contribution in [0.15, 0.2) is 58.7 Å². The SMILES string of the molecule is COc1cc(OC)cc(-c2nc(S/C(=C\c3c[nH]c4ccccc34)C(=O)O)n[nH]2)c1. The second kappa shape index (κ2) is 8.34. The predicted molar refractivity (Wildman–Crippen MR) is 115 cm³/mol. The van der Waals surface area contributed by atoms with Gasteiger partial charge in [0.2, 0.25) is 5.16 Å². The van der Waals surface area contributed by atoms with Crippen LogP contribution < -0.4 is 9.47 Å². The molecule has 2 aromatic carbocycles. The van der Waals surface area contributed by atoms with Crippen molar-refractivity contribution in [3.63, 3.8) is 0 Å². The van der Waals surface area contributed by atoms with Crippen LogP contribution in [0.4, 0.5) is 0 Å². The summed E-state index contributed by atoms with van der Waals surface area (Å²) < 4.78 is 10.6. The van der Waals surface area contributed by atoms with Gasteiger partial charge in [0.1, 0.15) is 16.4 Å². The van der Waals surface area contributed by atoms with Crippen LogP contribution in [0.2, 0.25) is 0 Å². The Bertz CT molecular complexity index is 1220. The van der Waals surface area contributed by atoms with Crippen LogP contribution in [0.25, 0.3) is 28.4 Å². The maximum atomic E-state index is 11.8. The largest absolute Gasteiger partial charge is 0.497 e. The summed E-state index contributed by atoms with van der Waals surface area (Å²) in [4.78, 5) is 19.5. The van der Waals surface area contributed by atoms with Crippen LogP contribution in [0.1, 0.15) is 5.56 Å². The van der Waals surface area contributed by atoms with Gasteiger partial charge >= 0.3 is 5.97 Å². The van der Waals surface area contributed by atoms with Crippen molar-refractivity contribution < 1.29 is 19.4 Å². The molecule has 0 aliphatic carbocycles. The molecule has 0 saturated carbocycles. The maximum Gasteiger partial charge on any atom is 0.342 e. The Balaban J connectivity index is 1.63. The van der Waals surface area contributed by atoms with Gasteiger partial charge in [-0.25, -0.2) is 9.78 Å². The number of hydrogen-bond acceptors (Lipinski definition) is 6. The number of methoxy groups -OCH3 is 2. The van der Waals surface area contributed by atoms with Gasteiger partial charge < -0.3 is 19.6 Å². The highest BCUT2D eigenvalue weighted by atomic mass is 32.2. The normalized spacial score (nSPS) is 11.6. The maximum absolute atomic E-state index is 11.8. The van der Waals surface area contributed by atoms with Crippen molar-refractivity contribution >= 4 is 34.7 Å². The third kappa shape index (κ3) is 4.01. The van der Waals surface area contributed by atoms with Crippen molar-refractivity contribution in [1.29, 1.82) is 0 Å². The predicted octanol–water partition coefficient (Wildman–Crippen LogP) is 4.19. The van der Waals surface area contributed by atoms with Gasteiger partial charge in [-0.2, -0.15) is 0 Å². The van der Waals surface area contributed by atoms with Crippen molar-refractivity contribution in [2.24, 2.45) is 0 Å². The number of H-pyrrole nitrogens is 2. The van der Waals surface area contributed by atoms with E-state index in [0.29, 0.717) is 28.0 Å². The van der Waals surface area contributed by atoms with Crippen molar-refractivity contribution in [3.8, 4) is 22.9 Å². The van der Waals surface area contributed by atoms with Gasteiger partial charge in [-0.15, -0.1) is 5.10 Å². The third-order valence-corrected chi connectivity index (χ3v) is 5.29. The first-order valence-electron chi connectivity index (χ1n) is 8.92. The lowest BCUT2D eigenvalue weighted by Gasteiger charge is -2.06. The van der Waals surface area contributed by atoms with E-state index < -0.39 is 5.97 Å². The molecular formula is C21H18N4O4S. The lowest BCUT2D eigenvalue weighted by molar-refractivity contribution is -0.131. The number of nitrogens with one attached hydrogen (secondary N) is 2. The number of hydrogen-bond donors (Lipinski definition) is 3. The Kier molecular flexibility index (Phi) is 5.44. The fraction of sp³-hybridized carbons (Fsp3) is 0.0952. The number of nitrogens with zero attached hydrogens (tertiary/aromatic N) is 2. The number of fused-ring (bicyclic) bond motifs is 1. The van der Waals surface area contributed by atoms with E-state index in [4.69, 9.17) is 9.47 Å². The Labute approximate surface area is 175 Å². The topological polar surface area (TPSA) is 113 Å². The molecule has 3 N–H and O–H groups in total. The molecule has 0 radical (unpaired) electrons. The Morgan fingerprint density at radius 2 is 1.87 bits per heavy atom. The summed E-state index contributed by atoms with van der Waals surface area (Å²) in [6.45, 7) is 0. The Hall–Kier alpha value is -3.72. The average Bonchev–Trinajstić information content (AvgIpc) is 3.40. The van der Waals surface area contributed by atoms with Crippen molar-refractivity contribution in [1.82, 2.24) is 20.2 Å². The zero-order chi connectivity index (χ0) is 21.1. The highest BCUT2D eigenvalue weighted by Crippen LogP contribution is 2.31. The molecule has 0 bridgehead atoms. The molecule has 0 fully saturated rings. The molecule has 0 aliphatic heterocycles. The number of aromatic nitrogens is 4. The van der Waals surface area contributed by atoms with Crippen LogP contribution in [0.5, 0.6) is 11.5 Å². The second-order valence-corrected chi connectivity index (χ2v) is 7.28. The van der Waals surface area contributed by atoms with Gasteiger partial charge in [0.15, 0.2) is 5.82 Å². The molecule has 30 heavy (non-hydrogen) atoms. The second-order valence-electron chi connectivity index (χ2n) is 6.27. The smallest absolute Gasteiger partial charge is 0.342 e. The summed E-state index contributed by atoms with van der Waals surface area (Å²) in [6.07, 6.45) is 3.39. The molecule has 0 atom stereocenters. The van der Waals surface area contributed by atoms with E-state index in [9.17, 15) is 9.90 Å². The van der Waals surface area contributed by atoms with Gasteiger partial charge in [-0.1, -0.05) is 18.2 Å². The number of para-hydroxylation sites is 1. The number of aliphatic carboxylic acids is 1. The quantitative estimate of drug-likeness (QED) is 0.302. The third-order valence-electron chi connectivity index (χ3n) is 4.41. The molecule has 2 aromatic heterocycles. The average molecular weight is 422 g/mol. The fourth-order valence-electron chi connectivity index (χ4n) is 2.95. The van der Waals surface area contributed by atoms with E-state index in [1.165, 1.54) is 0 Å². The first kappa shape index (κ1) is 19.6. The molecular weight excluding hydrogens is 404 g/mol. The minimum absolute atomic E-state index is 0.105. The summed E-state index contributed by atoms with van der Waals surface area (Å²) >= 11 is 0.971.